The van der Waals surface area contributed by atoms with Gasteiger partial charge >= 0.3 is 0 Å². The Kier molecular flexibility index (Phi) is 9.59. The van der Waals surface area contributed by atoms with Crippen molar-refractivity contribution in [1.29, 1.82) is 0 Å². The summed E-state index contributed by atoms with van der Waals surface area (Å²) in [6, 6.07) is 0. The molecule has 2 saturated heterocycles. The van der Waals surface area contributed by atoms with Gasteiger partial charge in [-0.25, -0.2) is 0 Å². The molecule has 2 rings (SSSR count). The summed E-state index contributed by atoms with van der Waals surface area (Å²) in [4.78, 5) is 5.29. The quantitative estimate of drug-likeness (QED) is 0.737. The van der Waals surface area contributed by atoms with E-state index in [1.54, 1.807) is 0 Å². The second-order valence-electron chi connectivity index (χ2n) is 7.25. The molecule has 0 bridgehead atoms. The Balaban J connectivity index is 0.00000106. The van der Waals surface area contributed by atoms with Crippen LogP contribution in [0, 0.1) is 17.8 Å². The SMILES string of the molecule is CC.CCN1CCC(CC2CCN(CC(C)C)CC2)CC1. The summed E-state index contributed by atoms with van der Waals surface area (Å²) in [5.41, 5.74) is 0. The molecule has 0 unspecified atom stereocenters. The number of hydrogen-bond acceptors (Lipinski definition) is 2. The second kappa shape index (κ2) is 10.6. The van der Waals surface area contributed by atoms with E-state index in [0.717, 1.165) is 17.8 Å². The van der Waals surface area contributed by atoms with Crippen LogP contribution in [0.25, 0.3) is 0 Å². The summed E-state index contributed by atoms with van der Waals surface area (Å²) in [6.07, 6.45) is 7.36. The third kappa shape index (κ3) is 7.15. The van der Waals surface area contributed by atoms with Gasteiger partial charge in [0, 0.05) is 6.54 Å². The molecule has 0 aliphatic carbocycles. The number of nitrogens with zero attached hydrogens (tertiary/aromatic N) is 2. The fourth-order valence-corrected chi connectivity index (χ4v) is 3.93. The molecule has 0 saturated carbocycles. The average Bonchev–Trinajstić information content (AvgIpc) is 2.51. The van der Waals surface area contributed by atoms with Gasteiger partial charge in [0.05, 0.1) is 0 Å². The standard InChI is InChI=1S/C17H34N2.C2H6/c1-4-18-9-5-16(6-10-18)13-17-7-11-19(12-8-17)14-15(2)3;1-2/h15-17H,4-14H2,1-3H3;1-2H3. The Morgan fingerprint density at radius 2 is 1.24 bits per heavy atom. The van der Waals surface area contributed by atoms with E-state index in [1.165, 1.54) is 71.4 Å². The summed E-state index contributed by atoms with van der Waals surface area (Å²) < 4.78 is 0. The highest BCUT2D eigenvalue weighted by atomic mass is 15.1. The lowest BCUT2D eigenvalue weighted by molar-refractivity contribution is 0.129. The molecule has 2 aliphatic heterocycles. The molecule has 2 heteroatoms. The molecule has 0 N–H and O–H groups in total. The molecule has 2 aliphatic rings. The summed E-state index contributed by atoms with van der Waals surface area (Å²) in [5, 5.41) is 0. The van der Waals surface area contributed by atoms with Crippen LogP contribution in [-0.4, -0.2) is 49.1 Å². The Hall–Kier alpha value is -0.0800. The topological polar surface area (TPSA) is 6.48 Å². The van der Waals surface area contributed by atoms with Crippen molar-refractivity contribution in [2.45, 2.75) is 66.7 Å². The maximum Gasteiger partial charge on any atom is 0.000439 e. The van der Waals surface area contributed by atoms with Gasteiger partial charge in [-0.15, -0.1) is 0 Å². The van der Waals surface area contributed by atoms with E-state index in [0.29, 0.717) is 0 Å². The maximum atomic E-state index is 2.68. The average molecular weight is 297 g/mol. The highest BCUT2D eigenvalue weighted by Gasteiger charge is 2.25. The van der Waals surface area contributed by atoms with E-state index in [2.05, 4.69) is 30.6 Å². The lowest BCUT2D eigenvalue weighted by Crippen LogP contribution is -2.38. The van der Waals surface area contributed by atoms with Gasteiger partial charge in [0.2, 0.25) is 0 Å². The molecule has 0 aromatic carbocycles. The Morgan fingerprint density at radius 1 is 0.810 bits per heavy atom. The molecule has 0 amide bonds. The normalized spacial score (nSPS) is 23.1. The van der Waals surface area contributed by atoms with Crippen LogP contribution in [0.2, 0.25) is 0 Å². The third-order valence-electron chi connectivity index (χ3n) is 5.15. The van der Waals surface area contributed by atoms with E-state index in [-0.39, 0.29) is 0 Å². The lowest BCUT2D eigenvalue weighted by Gasteiger charge is -2.37. The van der Waals surface area contributed by atoms with Gasteiger partial charge in [0.1, 0.15) is 0 Å². The van der Waals surface area contributed by atoms with E-state index >= 15 is 0 Å². The molecule has 2 heterocycles. The molecule has 0 aromatic rings. The largest absolute Gasteiger partial charge is 0.304 e. The van der Waals surface area contributed by atoms with Gasteiger partial charge in [-0.3, -0.25) is 0 Å². The molecule has 126 valence electrons. The lowest BCUT2D eigenvalue weighted by atomic mass is 9.82. The van der Waals surface area contributed by atoms with Crippen molar-refractivity contribution in [3.63, 3.8) is 0 Å². The predicted octanol–water partition coefficient (Wildman–Crippen LogP) is 4.50. The molecule has 0 spiro atoms. The van der Waals surface area contributed by atoms with Gasteiger partial charge in [-0.2, -0.15) is 0 Å². The van der Waals surface area contributed by atoms with Gasteiger partial charge in [-0.1, -0.05) is 34.6 Å². The molecule has 2 fully saturated rings. The first-order chi connectivity index (χ1) is 10.2. The first kappa shape index (κ1) is 19.0. The highest BCUT2D eigenvalue weighted by Crippen LogP contribution is 2.29. The Bertz CT molecular complexity index is 236. The summed E-state index contributed by atoms with van der Waals surface area (Å²) >= 11 is 0. The number of rotatable bonds is 5. The van der Waals surface area contributed by atoms with E-state index < -0.39 is 0 Å². The first-order valence-corrected chi connectivity index (χ1v) is 9.62. The molecule has 0 atom stereocenters. The highest BCUT2D eigenvalue weighted by molar-refractivity contribution is 4.78. The maximum absolute atomic E-state index is 2.68. The zero-order chi connectivity index (χ0) is 15.7. The van der Waals surface area contributed by atoms with Crippen LogP contribution in [0.1, 0.15) is 66.7 Å². The zero-order valence-electron chi connectivity index (χ0n) is 15.4. The van der Waals surface area contributed by atoms with Crippen molar-refractivity contribution in [2.24, 2.45) is 17.8 Å². The van der Waals surface area contributed by atoms with Crippen molar-refractivity contribution in [3.8, 4) is 0 Å². The van der Waals surface area contributed by atoms with Gasteiger partial charge in [-0.05, 0) is 82.6 Å². The Morgan fingerprint density at radius 3 is 1.62 bits per heavy atom. The predicted molar refractivity (Wildman–Crippen MR) is 94.8 cm³/mol. The van der Waals surface area contributed by atoms with Crippen LogP contribution in [0.15, 0.2) is 0 Å². The zero-order valence-corrected chi connectivity index (χ0v) is 15.4. The molecule has 0 radical (unpaired) electrons. The van der Waals surface area contributed by atoms with Gasteiger partial charge in [0.15, 0.2) is 0 Å². The minimum Gasteiger partial charge on any atom is -0.304 e. The van der Waals surface area contributed by atoms with Gasteiger partial charge in [0.25, 0.3) is 0 Å². The number of hydrogen-bond donors (Lipinski definition) is 0. The van der Waals surface area contributed by atoms with Crippen LogP contribution in [0.5, 0.6) is 0 Å². The smallest absolute Gasteiger partial charge is 0.000439 e. The fraction of sp³-hybridized carbons (Fsp3) is 1.00. The van der Waals surface area contributed by atoms with Crippen molar-refractivity contribution in [3.05, 3.63) is 0 Å². The van der Waals surface area contributed by atoms with Crippen LogP contribution in [0.4, 0.5) is 0 Å². The minimum atomic E-state index is 0.829. The van der Waals surface area contributed by atoms with Crippen molar-refractivity contribution >= 4 is 0 Å². The number of likely N-dealkylation sites (tertiary alicyclic amines) is 2. The monoisotopic (exact) mass is 296 g/mol. The van der Waals surface area contributed by atoms with Crippen molar-refractivity contribution < 1.29 is 0 Å². The molecule has 21 heavy (non-hydrogen) atoms. The molecule has 2 nitrogen and oxygen atoms in total. The van der Waals surface area contributed by atoms with E-state index in [4.69, 9.17) is 0 Å². The van der Waals surface area contributed by atoms with E-state index in [9.17, 15) is 0 Å². The minimum absolute atomic E-state index is 0.829. The third-order valence-corrected chi connectivity index (χ3v) is 5.15. The van der Waals surface area contributed by atoms with Crippen LogP contribution >= 0.6 is 0 Å². The summed E-state index contributed by atoms with van der Waals surface area (Å²) in [7, 11) is 0. The summed E-state index contributed by atoms with van der Waals surface area (Å²) in [6.45, 7) is 19.0. The van der Waals surface area contributed by atoms with Crippen molar-refractivity contribution in [1.82, 2.24) is 9.80 Å². The molecular formula is C19H40N2. The molecule has 0 aromatic heterocycles. The second-order valence-corrected chi connectivity index (χ2v) is 7.25. The van der Waals surface area contributed by atoms with Crippen LogP contribution in [0.3, 0.4) is 0 Å². The van der Waals surface area contributed by atoms with Gasteiger partial charge < -0.3 is 9.80 Å². The fourth-order valence-electron chi connectivity index (χ4n) is 3.93. The number of piperidine rings is 2. The van der Waals surface area contributed by atoms with Crippen LogP contribution in [-0.2, 0) is 0 Å². The van der Waals surface area contributed by atoms with E-state index in [1.807, 2.05) is 13.8 Å². The molecular weight excluding hydrogens is 256 g/mol. The summed E-state index contributed by atoms with van der Waals surface area (Å²) in [5.74, 6) is 2.89. The Labute approximate surface area is 134 Å². The van der Waals surface area contributed by atoms with Crippen LogP contribution < -0.4 is 0 Å². The van der Waals surface area contributed by atoms with Crippen molar-refractivity contribution in [2.75, 3.05) is 39.3 Å². The first-order valence-electron chi connectivity index (χ1n) is 9.62.